The highest BCUT2D eigenvalue weighted by atomic mass is 35.5. The van der Waals surface area contributed by atoms with Gasteiger partial charge in [-0.05, 0) is 43.7 Å². The molecular formula is C21H15ClN6S. The van der Waals surface area contributed by atoms with Gasteiger partial charge in [-0.1, -0.05) is 11.6 Å². The van der Waals surface area contributed by atoms with Crippen LogP contribution in [0.25, 0.3) is 16.4 Å². The topological polar surface area (TPSA) is 70.6 Å². The van der Waals surface area contributed by atoms with Crippen LogP contribution < -0.4 is 4.90 Å². The lowest BCUT2D eigenvalue weighted by atomic mass is 10.1. The Morgan fingerprint density at radius 1 is 1.21 bits per heavy atom. The molecule has 0 unspecified atom stereocenters. The summed E-state index contributed by atoms with van der Waals surface area (Å²) >= 11 is 8.04. The van der Waals surface area contributed by atoms with E-state index in [-0.39, 0.29) is 0 Å². The highest BCUT2D eigenvalue weighted by Crippen LogP contribution is 2.39. The summed E-state index contributed by atoms with van der Waals surface area (Å²) in [5, 5.41) is 17.2. The van der Waals surface area contributed by atoms with Gasteiger partial charge in [0.05, 0.1) is 28.0 Å². The van der Waals surface area contributed by atoms with Crippen molar-refractivity contribution in [3.63, 3.8) is 0 Å². The first-order valence-electron chi connectivity index (χ1n) is 9.07. The van der Waals surface area contributed by atoms with Crippen LogP contribution in [0.2, 0.25) is 5.02 Å². The fraction of sp³-hybridized carbons (Fsp3) is 0.143. The summed E-state index contributed by atoms with van der Waals surface area (Å²) in [4.78, 5) is 11.2. The molecule has 4 aromatic rings. The van der Waals surface area contributed by atoms with Crippen LogP contribution in [-0.4, -0.2) is 26.3 Å². The summed E-state index contributed by atoms with van der Waals surface area (Å²) in [6.45, 7) is 2.75. The van der Waals surface area contributed by atoms with Gasteiger partial charge in [0.1, 0.15) is 16.5 Å². The number of hydrogen-bond donors (Lipinski definition) is 0. The lowest BCUT2D eigenvalue weighted by molar-refractivity contribution is 0.864. The van der Waals surface area contributed by atoms with E-state index < -0.39 is 0 Å². The molecule has 4 heterocycles. The molecule has 6 nitrogen and oxygen atoms in total. The Morgan fingerprint density at radius 3 is 2.86 bits per heavy atom. The minimum absolute atomic E-state index is 0.544. The van der Waals surface area contributed by atoms with Crippen molar-refractivity contribution in [2.24, 2.45) is 0 Å². The summed E-state index contributed by atoms with van der Waals surface area (Å²) in [6.07, 6.45) is 4.58. The van der Waals surface area contributed by atoms with E-state index in [2.05, 4.69) is 22.0 Å². The molecule has 0 atom stereocenters. The molecule has 1 aromatic carbocycles. The summed E-state index contributed by atoms with van der Waals surface area (Å²) < 4.78 is 1.90. The van der Waals surface area contributed by atoms with Crippen molar-refractivity contribution in [2.75, 3.05) is 11.4 Å². The van der Waals surface area contributed by atoms with Gasteiger partial charge in [0, 0.05) is 35.6 Å². The Morgan fingerprint density at radius 2 is 2.10 bits per heavy atom. The Labute approximate surface area is 176 Å². The number of fused-ring (bicyclic) bond motifs is 1. The van der Waals surface area contributed by atoms with Gasteiger partial charge in [-0.2, -0.15) is 10.4 Å². The van der Waals surface area contributed by atoms with Gasteiger partial charge < -0.3 is 4.90 Å². The Bertz CT molecular complexity index is 1250. The normalized spacial score (nSPS) is 12.8. The number of aromatic nitrogens is 4. The van der Waals surface area contributed by atoms with Gasteiger partial charge >= 0.3 is 0 Å². The van der Waals surface area contributed by atoms with Gasteiger partial charge in [0.25, 0.3) is 0 Å². The third kappa shape index (κ3) is 3.07. The number of rotatable bonds is 3. The number of anilines is 2. The number of hydrogen-bond acceptors (Lipinski definition) is 6. The minimum atomic E-state index is 0.544. The second-order valence-electron chi connectivity index (χ2n) is 6.75. The van der Waals surface area contributed by atoms with Crippen LogP contribution >= 0.6 is 22.9 Å². The van der Waals surface area contributed by atoms with Crippen LogP contribution in [0.4, 0.5) is 11.5 Å². The average Bonchev–Trinajstić information content (AvgIpc) is 3.47. The number of nitrogens with zero attached hydrogens (tertiary/aromatic N) is 6. The van der Waals surface area contributed by atoms with Crippen LogP contribution in [0.15, 0.2) is 48.1 Å². The van der Waals surface area contributed by atoms with E-state index in [0.29, 0.717) is 10.6 Å². The van der Waals surface area contributed by atoms with Crippen LogP contribution in [0.1, 0.15) is 16.8 Å². The lowest BCUT2D eigenvalue weighted by Gasteiger charge is -2.21. The van der Waals surface area contributed by atoms with Crippen LogP contribution in [0, 0.1) is 18.3 Å². The molecule has 29 heavy (non-hydrogen) atoms. The molecule has 0 fully saturated rings. The predicted molar refractivity (Wildman–Crippen MR) is 114 cm³/mol. The molecule has 0 aliphatic carbocycles. The Balaban J connectivity index is 1.58. The van der Waals surface area contributed by atoms with Crippen molar-refractivity contribution in [2.45, 2.75) is 13.3 Å². The van der Waals surface area contributed by atoms with Crippen LogP contribution in [0.5, 0.6) is 0 Å². The SMILES string of the molecule is Cc1cc(-n2ccc(-c3nccs3)n2)c2c(n1)N(c1ccc(C#N)cc1Cl)CC2. The largest absolute Gasteiger partial charge is 0.324 e. The summed E-state index contributed by atoms with van der Waals surface area (Å²) in [5.74, 6) is 0.887. The van der Waals surface area contributed by atoms with E-state index in [1.54, 1.807) is 29.7 Å². The number of pyridine rings is 1. The Kier molecular flexibility index (Phi) is 4.31. The van der Waals surface area contributed by atoms with Crippen molar-refractivity contribution < 1.29 is 0 Å². The average molecular weight is 419 g/mol. The maximum absolute atomic E-state index is 9.10. The maximum atomic E-state index is 9.10. The van der Waals surface area contributed by atoms with Gasteiger partial charge in [0.15, 0.2) is 0 Å². The van der Waals surface area contributed by atoms with E-state index in [0.717, 1.165) is 52.1 Å². The molecule has 0 radical (unpaired) electrons. The number of aryl methyl sites for hydroxylation is 1. The molecule has 0 N–H and O–H groups in total. The molecule has 3 aromatic heterocycles. The number of thiazole rings is 1. The van der Waals surface area contributed by atoms with Crippen molar-refractivity contribution in [3.8, 4) is 22.5 Å². The van der Waals surface area contributed by atoms with Gasteiger partial charge in [0.2, 0.25) is 0 Å². The fourth-order valence-electron chi connectivity index (χ4n) is 3.62. The molecule has 1 aliphatic rings. The molecule has 0 saturated carbocycles. The summed E-state index contributed by atoms with van der Waals surface area (Å²) in [6, 6.07) is 11.5. The van der Waals surface area contributed by atoms with E-state index in [1.807, 2.05) is 35.3 Å². The minimum Gasteiger partial charge on any atom is -0.324 e. The second-order valence-corrected chi connectivity index (χ2v) is 8.05. The zero-order chi connectivity index (χ0) is 20.0. The van der Waals surface area contributed by atoms with Crippen molar-refractivity contribution in [1.29, 1.82) is 5.26 Å². The highest BCUT2D eigenvalue weighted by molar-refractivity contribution is 7.13. The molecule has 0 spiro atoms. The highest BCUT2D eigenvalue weighted by Gasteiger charge is 2.27. The summed E-state index contributed by atoms with van der Waals surface area (Å²) in [5.41, 5.74) is 5.31. The van der Waals surface area contributed by atoms with E-state index in [1.165, 1.54) is 0 Å². The molecular weight excluding hydrogens is 404 g/mol. The monoisotopic (exact) mass is 418 g/mol. The van der Waals surface area contributed by atoms with Crippen LogP contribution in [0.3, 0.4) is 0 Å². The zero-order valence-corrected chi connectivity index (χ0v) is 17.1. The molecule has 1 aliphatic heterocycles. The second kappa shape index (κ2) is 6.99. The van der Waals surface area contributed by atoms with Crippen LogP contribution in [-0.2, 0) is 6.42 Å². The fourth-order valence-corrected chi connectivity index (χ4v) is 4.50. The van der Waals surface area contributed by atoms with E-state index >= 15 is 0 Å². The molecule has 8 heteroatoms. The maximum Gasteiger partial charge on any atom is 0.143 e. The summed E-state index contributed by atoms with van der Waals surface area (Å²) in [7, 11) is 0. The zero-order valence-electron chi connectivity index (χ0n) is 15.5. The van der Waals surface area contributed by atoms with Crippen molar-refractivity contribution in [1.82, 2.24) is 19.7 Å². The standard InChI is InChI=1S/C21H15ClN6S/c1-13-10-19(28-8-5-17(26-28)21-24-6-9-29-21)15-4-7-27(20(15)25-13)18-3-2-14(12-23)11-16(18)22/h2-3,5-6,8-11H,4,7H2,1H3. The quantitative estimate of drug-likeness (QED) is 0.472. The number of halogens is 1. The molecule has 0 amide bonds. The molecule has 142 valence electrons. The first kappa shape index (κ1) is 17.9. The van der Waals surface area contributed by atoms with Crippen molar-refractivity contribution in [3.05, 3.63) is 69.9 Å². The Hall–Kier alpha value is -3.21. The van der Waals surface area contributed by atoms with Gasteiger partial charge in [-0.3, -0.25) is 0 Å². The van der Waals surface area contributed by atoms with Crippen molar-refractivity contribution >= 4 is 34.4 Å². The van der Waals surface area contributed by atoms with E-state index in [4.69, 9.17) is 26.9 Å². The van der Waals surface area contributed by atoms with E-state index in [9.17, 15) is 0 Å². The third-order valence-electron chi connectivity index (χ3n) is 4.90. The predicted octanol–water partition coefficient (Wildman–Crippen LogP) is 4.92. The first-order chi connectivity index (χ1) is 14.1. The van der Waals surface area contributed by atoms with Gasteiger partial charge in [-0.15, -0.1) is 11.3 Å². The molecule has 0 saturated heterocycles. The first-order valence-corrected chi connectivity index (χ1v) is 10.3. The number of benzene rings is 1. The lowest BCUT2D eigenvalue weighted by Crippen LogP contribution is -2.15. The van der Waals surface area contributed by atoms with Gasteiger partial charge in [-0.25, -0.2) is 14.6 Å². The molecule has 5 rings (SSSR count). The smallest absolute Gasteiger partial charge is 0.143 e. The molecule has 0 bridgehead atoms. The number of nitriles is 1. The third-order valence-corrected chi connectivity index (χ3v) is 6.00.